The molecule has 1 rings (SSSR count). The molecule has 0 aromatic carbocycles. The van der Waals surface area contributed by atoms with Gasteiger partial charge < -0.3 is 30.2 Å². The molecule has 9 atom stereocenters. The molecule has 0 aliphatic heterocycles. The Hall–Kier alpha value is -3.51. The largest absolute Gasteiger partial charge is 0.344 e. The van der Waals surface area contributed by atoms with E-state index in [4.69, 9.17) is 0 Å². The maximum Gasteiger partial charge on any atom is 0.245 e. The summed E-state index contributed by atoms with van der Waals surface area (Å²) in [6, 6.07) is -5.23. The first-order valence-corrected chi connectivity index (χ1v) is 19.5. The molecular weight excluding hydrogens is 688 g/mol. The summed E-state index contributed by atoms with van der Waals surface area (Å²) in [6.07, 6.45) is 1.38. The zero-order valence-electron chi connectivity index (χ0n) is 35.8. The number of hydrogen-bond donors (Lipinski definition) is 2. The van der Waals surface area contributed by atoms with Gasteiger partial charge in [-0.3, -0.25) is 33.6 Å². The highest BCUT2D eigenvalue weighted by Crippen LogP contribution is 2.48. The molecule has 1 aliphatic carbocycles. The minimum atomic E-state index is -0.956. The van der Waals surface area contributed by atoms with E-state index in [1.807, 2.05) is 62.3 Å². The number of amides is 6. The van der Waals surface area contributed by atoms with Gasteiger partial charge in [-0.2, -0.15) is 0 Å². The molecule has 9 unspecified atom stereocenters. The summed E-state index contributed by atoms with van der Waals surface area (Å²) in [5, 5.41) is 5.90. The van der Waals surface area contributed by atoms with Crippen LogP contribution in [0, 0.1) is 41.4 Å². The van der Waals surface area contributed by atoms with Gasteiger partial charge in [0.2, 0.25) is 35.4 Å². The van der Waals surface area contributed by atoms with E-state index < -0.39 is 59.9 Å². The van der Waals surface area contributed by atoms with E-state index in [0.717, 1.165) is 0 Å². The SMILES string of the molecule is C.CC(=O)C(C)N(C)C(=O)C(C)N(C)C(=O)C(NC(=O)C(CC(C)C)N(C)C(=O)C(C)N(C)C(=O)C(CC(C)C)NC(=O)C(C)CC(C)C)C1C(C)C1C. The highest BCUT2D eigenvalue weighted by atomic mass is 16.2. The molecular formula is C41H76N6O7. The Kier molecular flexibility index (Phi) is 20.1. The first kappa shape index (κ1) is 50.5. The van der Waals surface area contributed by atoms with E-state index in [9.17, 15) is 33.6 Å². The summed E-state index contributed by atoms with van der Waals surface area (Å²) in [5.41, 5.74) is 0. The zero-order valence-corrected chi connectivity index (χ0v) is 35.8. The number of rotatable bonds is 20. The lowest BCUT2D eigenvalue weighted by molar-refractivity contribution is -0.150. The molecule has 6 amide bonds. The molecule has 0 heterocycles. The first-order valence-electron chi connectivity index (χ1n) is 19.5. The summed E-state index contributed by atoms with van der Waals surface area (Å²) >= 11 is 0. The highest BCUT2D eigenvalue weighted by Gasteiger charge is 2.53. The van der Waals surface area contributed by atoms with Crippen LogP contribution in [0.15, 0.2) is 0 Å². The van der Waals surface area contributed by atoms with Gasteiger partial charge in [0.25, 0.3) is 0 Å². The van der Waals surface area contributed by atoms with Crippen molar-refractivity contribution in [1.82, 2.24) is 30.2 Å². The fourth-order valence-electron chi connectivity index (χ4n) is 6.97. The van der Waals surface area contributed by atoms with Crippen LogP contribution < -0.4 is 10.6 Å². The summed E-state index contributed by atoms with van der Waals surface area (Å²) < 4.78 is 0. The Morgan fingerprint density at radius 3 is 1.33 bits per heavy atom. The second-order valence-electron chi connectivity index (χ2n) is 17.1. The van der Waals surface area contributed by atoms with Crippen LogP contribution in [-0.4, -0.2) is 125 Å². The Bertz CT molecular complexity index is 1310. The van der Waals surface area contributed by atoms with Crippen LogP contribution in [-0.2, 0) is 33.6 Å². The molecule has 0 saturated heterocycles. The molecule has 1 aliphatic rings. The highest BCUT2D eigenvalue weighted by molar-refractivity contribution is 5.97. The van der Waals surface area contributed by atoms with Crippen LogP contribution in [0.1, 0.15) is 117 Å². The maximum atomic E-state index is 14.2. The van der Waals surface area contributed by atoms with Crippen LogP contribution in [0.3, 0.4) is 0 Å². The molecule has 54 heavy (non-hydrogen) atoms. The third-order valence-electron chi connectivity index (χ3n) is 11.3. The minimum absolute atomic E-state index is 0. The second kappa shape index (κ2) is 21.5. The standard InChI is InChI=1S/C40H72N6O7.CH4/c1-21(2)18-24(7)35(48)41-31(19-22(3)4)39(52)44(15)29(12)38(51)46(17)32(20-23(5)6)36(49)42-34(33-25(8)26(33)9)40(53)45(16)28(11)37(50)43(14)27(10)30(13)47;/h21-29,31-34H,18-20H2,1-17H3,(H,41,48)(H,42,49);1H4. The molecule has 312 valence electrons. The van der Waals surface area contributed by atoms with Crippen LogP contribution in [0.2, 0.25) is 0 Å². The fourth-order valence-corrected chi connectivity index (χ4v) is 6.97. The summed E-state index contributed by atoms with van der Waals surface area (Å²) in [4.78, 5) is 99.7. The molecule has 13 heteroatoms. The molecule has 1 fully saturated rings. The molecule has 2 N–H and O–H groups in total. The lowest BCUT2D eigenvalue weighted by atomic mass is 9.96. The van der Waals surface area contributed by atoms with Gasteiger partial charge >= 0.3 is 0 Å². The molecule has 0 aromatic heterocycles. The normalized spacial score (nSPS) is 20.3. The zero-order chi connectivity index (χ0) is 41.4. The molecule has 0 radical (unpaired) electrons. The fraction of sp³-hybridized carbons (Fsp3) is 0.829. The monoisotopic (exact) mass is 765 g/mol. The van der Waals surface area contributed by atoms with Crippen molar-refractivity contribution < 1.29 is 33.6 Å². The average Bonchev–Trinajstić information content (AvgIpc) is 3.68. The van der Waals surface area contributed by atoms with Crippen LogP contribution in [0.25, 0.3) is 0 Å². The van der Waals surface area contributed by atoms with Gasteiger partial charge in [-0.05, 0) is 82.5 Å². The Morgan fingerprint density at radius 2 is 0.926 bits per heavy atom. The number of nitrogens with zero attached hydrogens (tertiary/aromatic N) is 4. The van der Waals surface area contributed by atoms with Gasteiger partial charge in [0.05, 0.1) is 6.04 Å². The van der Waals surface area contributed by atoms with E-state index >= 15 is 0 Å². The van der Waals surface area contributed by atoms with Gasteiger partial charge in [0.1, 0.15) is 30.2 Å². The number of likely N-dealkylation sites (N-methyl/N-ethyl adjacent to an activating group) is 4. The summed E-state index contributed by atoms with van der Waals surface area (Å²) in [6.45, 7) is 24.0. The van der Waals surface area contributed by atoms with Gasteiger partial charge in [-0.15, -0.1) is 0 Å². The van der Waals surface area contributed by atoms with E-state index in [1.165, 1.54) is 54.7 Å². The van der Waals surface area contributed by atoms with Crippen molar-refractivity contribution in [2.24, 2.45) is 41.4 Å². The summed E-state index contributed by atoms with van der Waals surface area (Å²) in [7, 11) is 6.11. The van der Waals surface area contributed by atoms with E-state index in [-0.39, 0.29) is 60.5 Å². The van der Waals surface area contributed by atoms with E-state index in [1.54, 1.807) is 20.8 Å². The second-order valence-corrected chi connectivity index (χ2v) is 17.1. The number of Topliss-reactive ketones (excluding diaryl/α,β-unsaturated/α-hetero) is 1. The molecule has 13 nitrogen and oxygen atoms in total. The van der Waals surface area contributed by atoms with E-state index in [0.29, 0.717) is 25.2 Å². The number of ketones is 1. The average molecular weight is 765 g/mol. The molecule has 1 saturated carbocycles. The first-order chi connectivity index (χ1) is 24.3. The topological polar surface area (TPSA) is 157 Å². The quantitative estimate of drug-likeness (QED) is 0.188. The molecule has 0 spiro atoms. The number of carbonyl (C=O) groups is 7. The number of hydrogen-bond acceptors (Lipinski definition) is 7. The lowest BCUT2D eigenvalue weighted by Crippen LogP contribution is -2.60. The van der Waals surface area contributed by atoms with Crippen LogP contribution in [0.4, 0.5) is 0 Å². The number of carbonyl (C=O) groups excluding carboxylic acids is 7. The molecule has 0 aromatic rings. The Morgan fingerprint density at radius 1 is 0.519 bits per heavy atom. The van der Waals surface area contributed by atoms with Crippen molar-refractivity contribution in [2.45, 2.75) is 153 Å². The summed E-state index contributed by atoms with van der Waals surface area (Å²) in [5.74, 6) is -2.33. The van der Waals surface area contributed by atoms with Crippen molar-refractivity contribution >= 4 is 41.2 Å². The van der Waals surface area contributed by atoms with Gasteiger partial charge in [-0.1, -0.05) is 69.7 Å². The van der Waals surface area contributed by atoms with Crippen molar-refractivity contribution in [3.8, 4) is 0 Å². The maximum absolute atomic E-state index is 14.2. The van der Waals surface area contributed by atoms with Gasteiger partial charge in [-0.25, -0.2) is 0 Å². The van der Waals surface area contributed by atoms with Gasteiger partial charge in [0, 0.05) is 34.1 Å². The van der Waals surface area contributed by atoms with Crippen molar-refractivity contribution in [1.29, 1.82) is 0 Å². The Labute approximate surface area is 327 Å². The third kappa shape index (κ3) is 13.4. The number of nitrogens with one attached hydrogen (secondary N) is 2. The van der Waals surface area contributed by atoms with E-state index in [2.05, 4.69) is 10.6 Å². The van der Waals surface area contributed by atoms with Crippen LogP contribution >= 0.6 is 0 Å². The molecule has 0 bridgehead atoms. The Balaban J connectivity index is 0.0000281. The predicted molar refractivity (Wildman–Crippen MR) is 214 cm³/mol. The predicted octanol–water partition coefficient (Wildman–Crippen LogP) is 4.23. The van der Waals surface area contributed by atoms with Crippen molar-refractivity contribution in [3.63, 3.8) is 0 Å². The third-order valence-corrected chi connectivity index (χ3v) is 11.3. The lowest BCUT2D eigenvalue weighted by Gasteiger charge is -2.36. The van der Waals surface area contributed by atoms with Crippen LogP contribution in [0.5, 0.6) is 0 Å². The van der Waals surface area contributed by atoms with Gasteiger partial charge in [0.15, 0.2) is 5.78 Å². The van der Waals surface area contributed by atoms with Crippen molar-refractivity contribution in [2.75, 3.05) is 28.2 Å². The van der Waals surface area contributed by atoms with Crippen molar-refractivity contribution in [3.05, 3.63) is 0 Å². The smallest absolute Gasteiger partial charge is 0.245 e. The minimum Gasteiger partial charge on any atom is -0.344 e.